The number of fused-ring (bicyclic) bond motifs is 9. The number of aromatic nitrogens is 1. The van der Waals surface area contributed by atoms with Crippen molar-refractivity contribution >= 4 is 73.0 Å². The Morgan fingerprint density at radius 2 is 0.595 bits per heavy atom. The number of aryl methyl sites for hydroxylation is 1. The first-order valence-corrected chi connectivity index (χ1v) is 26.2. The lowest BCUT2D eigenvalue weighted by atomic mass is 9.72. The fourth-order valence-electron chi connectivity index (χ4n) is 13.2. The van der Waals surface area contributed by atoms with Crippen molar-refractivity contribution in [1.82, 2.24) is 4.57 Å². The van der Waals surface area contributed by atoms with Crippen molar-refractivity contribution in [2.45, 2.75) is 64.7 Å². The molecule has 358 valence electrons. The molecule has 0 saturated carbocycles. The molecule has 3 aliphatic rings. The van der Waals surface area contributed by atoms with Crippen LogP contribution >= 0.6 is 0 Å². The zero-order valence-corrected chi connectivity index (χ0v) is 43.2. The van der Waals surface area contributed by atoms with Gasteiger partial charge in [-0.15, -0.1) is 0 Å². The Hall–Kier alpha value is -8.60. The van der Waals surface area contributed by atoms with Gasteiger partial charge in [0.2, 0.25) is 0 Å². The van der Waals surface area contributed by atoms with E-state index in [4.69, 9.17) is 0 Å². The molecule has 0 radical (unpaired) electrons. The zero-order valence-electron chi connectivity index (χ0n) is 43.2. The predicted molar refractivity (Wildman–Crippen MR) is 311 cm³/mol. The van der Waals surface area contributed by atoms with Crippen molar-refractivity contribution in [3.63, 3.8) is 0 Å². The van der Waals surface area contributed by atoms with Gasteiger partial charge in [-0.3, -0.25) is 0 Å². The third-order valence-corrected chi connectivity index (χ3v) is 17.1. The summed E-state index contributed by atoms with van der Waals surface area (Å²) in [6.07, 6.45) is 0. The highest BCUT2D eigenvalue weighted by molar-refractivity contribution is 6.09. The average Bonchev–Trinajstić information content (AvgIpc) is 3.76. The summed E-state index contributed by atoms with van der Waals surface area (Å²) in [6.45, 7) is 16.5. The molecule has 11 aromatic rings. The van der Waals surface area contributed by atoms with Crippen LogP contribution in [0.25, 0.3) is 38.6 Å². The third-order valence-electron chi connectivity index (χ3n) is 17.1. The molecular formula is C70H58N4. The van der Waals surface area contributed by atoms with E-state index >= 15 is 0 Å². The Labute approximate surface area is 435 Å². The second kappa shape index (κ2) is 15.9. The minimum absolute atomic E-state index is 0.149. The first kappa shape index (κ1) is 44.1. The van der Waals surface area contributed by atoms with Gasteiger partial charge < -0.3 is 19.3 Å². The summed E-state index contributed by atoms with van der Waals surface area (Å²) in [5.41, 5.74) is 25.2. The van der Waals surface area contributed by atoms with Crippen molar-refractivity contribution in [2.75, 3.05) is 14.7 Å². The number of rotatable bonds is 5. The van der Waals surface area contributed by atoms with Crippen LogP contribution in [-0.2, 0) is 16.2 Å². The lowest BCUT2D eigenvalue weighted by molar-refractivity contribution is 0.626. The van der Waals surface area contributed by atoms with E-state index in [2.05, 4.69) is 292 Å². The molecule has 0 atom stereocenters. The molecule has 14 rings (SSSR count). The Morgan fingerprint density at radius 3 is 1.03 bits per heavy atom. The van der Waals surface area contributed by atoms with Gasteiger partial charge in [-0.05, 0) is 154 Å². The number of hydrogen-bond donors (Lipinski definition) is 0. The summed E-state index contributed by atoms with van der Waals surface area (Å²) in [5, 5.41) is 2.55. The molecule has 74 heavy (non-hydrogen) atoms. The molecule has 1 aromatic heterocycles. The summed E-state index contributed by atoms with van der Waals surface area (Å²) < 4.78 is 2.42. The minimum atomic E-state index is -0.384. The molecule has 0 spiro atoms. The highest BCUT2D eigenvalue weighted by Gasteiger charge is 2.42. The summed E-state index contributed by atoms with van der Waals surface area (Å²) in [6, 6.07) is 83.9. The van der Waals surface area contributed by atoms with Crippen LogP contribution in [0.1, 0.15) is 80.5 Å². The molecule has 4 nitrogen and oxygen atoms in total. The number of para-hydroxylation sites is 6. The molecule has 0 saturated heterocycles. The van der Waals surface area contributed by atoms with Gasteiger partial charge in [0.25, 0.3) is 0 Å². The van der Waals surface area contributed by atoms with Gasteiger partial charge in [-0.25, -0.2) is 0 Å². The largest absolute Gasteiger partial charge is 0.310 e. The van der Waals surface area contributed by atoms with Crippen molar-refractivity contribution in [3.8, 4) is 16.8 Å². The number of nitrogens with zero attached hydrogens (tertiary/aromatic N) is 4. The standard InChI is InChI=1S/C70H58N4/c1-45-42-47(34-39-59(45)74-60-26-14-8-20-51(60)52-21-9-15-27-61(52)74)46-32-35-48(36-33-46)71-66-40-37-49(72-62-28-16-10-22-53(62)68(2,3)54-23-11-17-29-63(54)72)43-57(66)70(6,7)58-44-50(38-41-67(58)71)73-64-30-18-12-24-55(64)69(4,5)56-25-13-19-31-65(56)73/h8-44H,1-7H3. The number of benzene rings is 10. The van der Waals surface area contributed by atoms with E-state index in [9.17, 15) is 0 Å². The van der Waals surface area contributed by atoms with Gasteiger partial charge in [-0.1, -0.05) is 169 Å². The summed E-state index contributed by atoms with van der Waals surface area (Å²) in [4.78, 5) is 7.50. The van der Waals surface area contributed by atoms with Crippen LogP contribution in [0, 0.1) is 6.92 Å². The highest BCUT2D eigenvalue weighted by Crippen LogP contribution is 2.58. The van der Waals surface area contributed by atoms with Crippen LogP contribution in [0.2, 0.25) is 0 Å². The summed E-state index contributed by atoms with van der Waals surface area (Å²) >= 11 is 0. The molecule has 0 fully saturated rings. The van der Waals surface area contributed by atoms with Gasteiger partial charge in [0.1, 0.15) is 0 Å². The molecule has 0 bridgehead atoms. The second-order valence-corrected chi connectivity index (χ2v) is 22.3. The van der Waals surface area contributed by atoms with E-state index in [1.807, 2.05) is 0 Å². The van der Waals surface area contributed by atoms with Crippen LogP contribution in [0.4, 0.5) is 51.2 Å². The Balaban J connectivity index is 0.918. The van der Waals surface area contributed by atoms with Crippen molar-refractivity contribution < 1.29 is 0 Å². The van der Waals surface area contributed by atoms with Crippen LogP contribution in [-0.4, -0.2) is 4.57 Å². The fraction of sp³-hybridized carbons (Fsp3) is 0.143. The van der Waals surface area contributed by atoms with Crippen LogP contribution in [0.15, 0.2) is 224 Å². The average molecular weight is 955 g/mol. The number of anilines is 9. The molecular weight excluding hydrogens is 897 g/mol. The summed E-state index contributed by atoms with van der Waals surface area (Å²) in [5.74, 6) is 0. The van der Waals surface area contributed by atoms with E-state index in [-0.39, 0.29) is 16.2 Å². The van der Waals surface area contributed by atoms with Gasteiger partial charge in [-0.2, -0.15) is 0 Å². The Kier molecular flexibility index (Phi) is 9.51. The Bertz CT molecular complexity index is 3780. The molecule has 0 aliphatic carbocycles. The maximum Gasteiger partial charge on any atom is 0.0541 e. The first-order valence-electron chi connectivity index (χ1n) is 26.2. The van der Waals surface area contributed by atoms with Crippen LogP contribution < -0.4 is 14.7 Å². The van der Waals surface area contributed by atoms with E-state index in [0.29, 0.717) is 0 Å². The van der Waals surface area contributed by atoms with Gasteiger partial charge in [0, 0.05) is 49.8 Å². The number of hydrogen-bond acceptors (Lipinski definition) is 3. The predicted octanol–water partition coefficient (Wildman–Crippen LogP) is 19.1. The van der Waals surface area contributed by atoms with Gasteiger partial charge >= 0.3 is 0 Å². The maximum atomic E-state index is 2.51. The fourth-order valence-corrected chi connectivity index (χ4v) is 13.2. The molecule has 10 aromatic carbocycles. The molecule has 0 amide bonds. The van der Waals surface area contributed by atoms with Gasteiger partial charge in [0.15, 0.2) is 0 Å². The van der Waals surface area contributed by atoms with Crippen molar-refractivity contribution in [3.05, 3.63) is 263 Å². The smallest absolute Gasteiger partial charge is 0.0541 e. The monoisotopic (exact) mass is 954 g/mol. The lowest BCUT2D eigenvalue weighted by Gasteiger charge is -2.45. The summed E-state index contributed by atoms with van der Waals surface area (Å²) in [7, 11) is 0. The maximum absolute atomic E-state index is 2.51. The van der Waals surface area contributed by atoms with E-state index < -0.39 is 0 Å². The molecule has 3 aliphatic heterocycles. The molecule has 4 heteroatoms. The van der Waals surface area contributed by atoms with E-state index in [1.165, 1.54) is 112 Å². The van der Waals surface area contributed by atoms with Crippen LogP contribution in [0.3, 0.4) is 0 Å². The lowest BCUT2D eigenvalue weighted by Crippen LogP contribution is -2.33. The van der Waals surface area contributed by atoms with Crippen molar-refractivity contribution in [1.29, 1.82) is 0 Å². The highest BCUT2D eigenvalue weighted by atomic mass is 15.2. The topological polar surface area (TPSA) is 14.7 Å². The van der Waals surface area contributed by atoms with Gasteiger partial charge in [0.05, 0.1) is 45.2 Å². The SMILES string of the molecule is Cc1cc(-c2ccc(N3c4ccc(N5c6ccccc6C(C)(C)c6ccccc65)cc4C(C)(C)c4cc(N5c6ccccc6C(C)(C)c6ccccc65)ccc43)cc2)ccc1-n1c2ccccc2c2ccccc21. The second-order valence-electron chi connectivity index (χ2n) is 22.3. The first-order chi connectivity index (χ1) is 35.9. The normalized spacial score (nSPS) is 15.5. The van der Waals surface area contributed by atoms with E-state index in [0.717, 1.165) is 17.1 Å². The molecule has 0 N–H and O–H groups in total. The molecule has 4 heterocycles. The Morgan fingerprint density at radius 1 is 0.270 bits per heavy atom. The van der Waals surface area contributed by atoms with Crippen LogP contribution in [0.5, 0.6) is 0 Å². The van der Waals surface area contributed by atoms with E-state index in [1.54, 1.807) is 0 Å². The minimum Gasteiger partial charge on any atom is -0.310 e. The third kappa shape index (κ3) is 6.27. The molecule has 0 unspecified atom stereocenters. The van der Waals surface area contributed by atoms with Crippen molar-refractivity contribution in [2.24, 2.45) is 0 Å². The quantitative estimate of drug-likeness (QED) is 0.171. The zero-order chi connectivity index (χ0) is 50.3.